The van der Waals surface area contributed by atoms with Crippen LogP contribution in [-0.2, 0) is 4.79 Å². The zero-order valence-electron chi connectivity index (χ0n) is 15.0. The van der Waals surface area contributed by atoms with Crippen molar-refractivity contribution in [2.75, 3.05) is 33.9 Å². The van der Waals surface area contributed by atoms with Crippen molar-refractivity contribution in [2.24, 2.45) is 0 Å². The molecule has 0 radical (unpaired) electrons. The van der Waals surface area contributed by atoms with Gasteiger partial charge in [0.25, 0.3) is 5.91 Å². The van der Waals surface area contributed by atoms with Gasteiger partial charge in [-0.3, -0.25) is 9.69 Å². The number of nitrogens with one attached hydrogen (secondary N) is 2. The van der Waals surface area contributed by atoms with E-state index in [9.17, 15) is 9.59 Å². The summed E-state index contributed by atoms with van der Waals surface area (Å²) < 4.78 is 10.9. The molecule has 0 bridgehead atoms. The summed E-state index contributed by atoms with van der Waals surface area (Å²) in [6.45, 7) is 3.78. The predicted octanol–water partition coefficient (Wildman–Crippen LogP) is 0.364. The number of nitrogens with zero attached hydrogens (tertiary/aromatic N) is 1. The SMILES string of the molecule is COc1ccc(OC)c([C@H]2CCC[NH+]2[C@H](C)C(=O)N2CCNC2=O)c1. The monoisotopic (exact) mass is 348 g/mol. The Kier molecular flexibility index (Phi) is 5.13. The minimum Gasteiger partial charge on any atom is -0.497 e. The topological polar surface area (TPSA) is 72.3 Å². The second kappa shape index (κ2) is 7.31. The number of benzene rings is 1. The maximum Gasteiger partial charge on any atom is 0.324 e. The van der Waals surface area contributed by atoms with E-state index in [1.165, 1.54) is 9.80 Å². The van der Waals surface area contributed by atoms with Crippen LogP contribution in [0.5, 0.6) is 11.5 Å². The van der Waals surface area contributed by atoms with Crippen molar-refractivity contribution in [2.45, 2.75) is 31.8 Å². The van der Waals surface area contributed by atoms with Gasteiger partial charge in [0.05, 0.1) is 26.3 Å². The summed E-state index contributed by atoms with van der Waals surface area (Å²) in [6, 6.07) is 5.35. The summed E-state index contributed by atoms with van der Waals surface area (Å²) in [4.78, 5) is 27.1. The lowest BCUT2D eigenvalue weighted by molar-refractivity contribution is -0.932. The summed E-state index contributed by atoms with van der Waals surface area (Å²) >= 11 is 0. The third-order valence-corrected chi connectivity index (χ3v) is 5.27. The maximum absolute atomic E-state index is 12.8. The van der Waals surface area contributed by atoms with E-state index in [2.05, 4.69) is 5.32 Å². The van der Waals surface area contributed by atoms with Crippen molar-refractivity contribution in [3.05, 3.63) is 23.8 Å². The van der Waals surface area contributed by atoms with Crippen molar-refractivity contribution in [3.63, 3.8) is 0 Å². The molecule has 1 aromatic rings. The van der Waals surface area contributed by atoms with Gasteiger partial charge in [0, 0.05) is 25.9 Å². The summed E-state index contributed by atoms with van der Waals surface area (Å²) in [6.07, 6.45) is 2.01. The van der Waals surface area contributed by atoms with E-state index in [1.54, 1.807) is 14.2 Å². The molecule has 1 aromatic carbocycles. The average Bonchev–Trinajstić information content (AvgIpc) is 3.28. The molecule has 1 unspecified atom stereocenters. The molecule has 3 atom stereocenters. The fourth-order valence-electron chi connectivity index (χ4n) is 3.93. The Labute approximate surface area is 147 Å². The third kappa shape index (κ3) is 3.28. The van der Waals surface area contributed by atoms with E-state index in [0.717, 1.165) is 36.4 Å². The molecule has 2 aliphatic heterocycles. The molecule has 2 heterocycles. The molecule has 0 aliphatic carbocycles. The van der Waals surface area contributed by atoms with Crippen LogP contribution >= 0.6 is 0 Å². The number of hydrogen-bond acceptors (Lipinski definition) is 4. The standard InChI is InChI=1S/C18H25N3O4/c1-12(17(22)21-10-8-19-18(21)23)20-9-4-5-15(20)14-11-13(24-2)6-7-16(14)25-3/h6-7,11-12,15H,4-5,8-10H2,1-3H3,(H,19,23)/p+1/t12-,15-/m1/s1. The number of likely N-dealkylation sites (tertiary alicyclic amines) is 1. The number of methoxy groups -OCH3 is 2. The molecule has 136 valence electrons. The Morgan fingerprint density at radius 2 is 2.16 bits per heavy atom. The van der Waals surface area contributed by atoms with E-state index >= 15 is 0 Å². The molecule has 0 spiro atoms. The first-order chi connectivity index (χ1) is 12.1. The van der Waals surface area contributed by atoms with Crippen molar-refractivity contribution >= 4 is 11.9 Å². The molecular weight excluding hydrogens is 322 g/mol. The number of hydrogen-bond donors (Lipinski definition) is 2. The Balaban J connectivity index is 1.85. The first kappa shape index (κ1) is 17.5. The number of ether oxygens (including phenoxy) is 2. The van der Waals surface area contributed by atoms with Gasteiger partial charge < -0.3 is 19.7 Å². The van der Waals surface area contributed by atoms with Gasteiger partial charge in [-0.05, 0) is 25.1 Å². The van der Waals surface area contributed by atoms with Gasteiger partial charge in [-0.25, -0.2) is 4.79 Å². The molecule has 3 amide bonds. The summed E-state index contributed by atoms with van der Waals surface area (Å²) in [7, 11) is 3.30. The van der Waals surface area contributed by atoms with E-state index in [1.807, 2.05) is 25.1 Å². The Morgan fingerprint density at radius 1 is 1.36 bits per heavy atom. The van der Waals surface area contributed by atoms with Gasteiger partial charge in [-0.1, -0.05) is 0 Å². The van der Waals surface area contributed by atoms with E-state index in [4.69, 9.17) is 9.47 Å². The van der Waals surface area contributed by atoms with Gasteiger partial charge in [0.2, 0.25) is 0 Å². The van der Waals surface area contributed by atoms with E-state index in [0.29, 0.717) is 13.1 Å². The maximum atomic E-state index is 12.8. The molecule has 0 aromatic heterocycles. The molecule has 7 heteroatoms. The second-order valence-electron chi connectivity index (χ2n) is 6.57. The van der Waals surface area contributed by atoms with Crippen LogP contribution in [0.15, 0.2) is 18.2 Å². The van der Waals surface area contributed by atoms with Crippen LogP contribution in [0.25, 0.3) is 0 Å². The molecule has 25 heavy (non-hydrogen) atoms. The highest BCUT2D eigenvalue weighted by molar-refractivity contribution is 5.97. The van der Waals surface area contributed by atoms with Gasteiger partial charge >= 0.3 is 6.03 Å². The number of urea groups is 1. The Hall–Kier alpha value is -2.28. The molecule has 7 nitrogen and oxygen atoms in total. The molecule has 2 aliphatic rings. The second-order valence-corrected chi connectivity index (χ2v) is 6.57. The number of rotatable bonds is 5. The zero-order chi connectivity index (χ0) is 18.0. The van der Waals surface area contributed by atoms with Crippen molar-refractivity contribution in [1.29, 1.82) is 0 Å². The van der Waals surface area contributed by atoms with Crippen molar-refractivity contribution in [1.82, 2.24) is 10.2 Å². The lowest BCUT2D eigenvalue weighted by Gasteiger charge is -2.29. The fraction of sp³-hybridized carbons (Fsp3) is 0.556. The minimum absolute atomic E-state index is 0.112. The largest absolute Gasteiger partial charge is 0.497 e. The van der Waals surface area contributed by atoms with Gasteiger partial charge in [-0.2, -0.15) is 0 Å². The molecule has 2 N–H and O–H groups in total. The normalized spacial score (nSPS) is 24.1. The number of quaternary nitrogens is 1. The van der Waals surface area contributed by atoms with Crippen LogP contribution < -0.4 is 19.7 Å². The third-order valence-electron chi connectivity index (χ3n) is 5.27. The molecule has 2 fully saturated rings. The van der Waals surface area contributed by atoms with E-state index < -0.39 is 0 Å². The lowest BCUT2D eigenvalue weighted by atomic mass is 10.0. The van der Waals surface area contributed by atoms with Crippen LogP contribution in [0, 0.1) is 0 Å². The Morgan fingerprint density at radius 3 is 2.80 bits per heavy atom. The van der Waals surface area contributed by atoms with E-state index in [-0.39, 0.29) is 24.0 Å². The first-order valence-corrected chi connectivity index (χ1v) is 8.73. The molecule has 0 saturated carbocycles. The zero-order valence-corrected chi connectivity index (χ0v) is 15.0. The van der Waals surface area contributed by atoms with Crippen LogP contribution in [-0.4, -0.2) is 56.7 Å². The highest BCUT2D eigenvalue weighted by Gasteiger charge is 2.42. The van der Waals surface area contributed by atoms with Gasteiger partial charge in [-0.15, -0.1) is 0 Å². The average molecular weight is 348 g/mol. The number of amides is 3. The summed E-state index contributed by atoms with van der Waals surface area (Å²) in [5.41, 5.74) is 1.06. The van der Waals surface area contributed by atoms with Crippen molar-refractivity contribution < 1.29 is 24.0 Å². The highest BCUT2D eigenvalue weighted by atomic mass is 16.5. The van der Waals surface area contributed by atoms with Crippen molar-refractivity contribution in [3.8, 4) is 11.5 Å². The Bertz CT molecular complexity index is 664. The molecule has 2 saturated heterocycles. The summed E-state index contributed by atoms with van der Waals surface area (Å²) in [5, 5.41) is 2.69. The number of imide groups is 1. The van der Waals surface area contributed by atoms with Gasteiger partial charge in [0.15, 0.2) is 6.04 Å². The smallest absolute Gasteiger partial charge is 0.324 e. The quantitative estimate of drug-likeness (QED) is 0.806. The number of carbonyl (C=O) groups is 2. The number of carbonyl (C=O) groups excluding carboxylic acids is 2. The van der Waals surface area contributed by atoms with Crippen LogP contribution in [0.4, 0.5) is 4.79 Å². The molecular formula is C18H26N3O4+. The minimum atomic E-state index is -0.286. The molecule has 3 rings (SSSR count). The van der Waals surface area contributed by atoms with Crippen LogP contribution in [0.2, 0.25) is 0 Å². The first-order valence-electron chi connectivity index (χ1n) is 8.73. The van der Waals surface area contributed by atoms with Crippen LogP contribution in [0.1, 0.15) is 31.4 Å². The lowest BCUT2D eigenvalue weighted by Crippen LogP contribution is -3.15. The fourth-order valence-corrected chi connectivity index (χ4v) is 3.93. The summed E-state index contributed by atoms with van der Waals surface area (Å²) in [5.74, 6) is 1.47. The van der Waals surface area contributed by atoms with Crippen LogP contribution in [0.3, 0.4) is 0 Å². The predicted molar refractivity (Wildman–Crippen MR) is 91.9 cm³/mol. The van der Waals surface area contributed by atoms with Gasteiger partial charge in [0.1, 0.15) is 17.5 Å². The highest BCUT2D eigenvalue weighted by Crippen LogP contribution is 2.32.